The Balaban J connectivity index is 1.07. The minimum absolute atomic E-state index is 0.859. The molecule has 0 radical (unpaired) electrons. The lowest BCUT2D eigenvalue weighted by molar-refractivity contribution is 0.669. The first-order chi connectivity index (χ1) is 29.3. The molecule has 276 valence electrons. The van der Waals surface area contributed by atoms with Crippen LogP contribution in [0.4, 0.5) is 17.1 Å². The fraction of sp³-hybridized carbons (Fsp3) is 0. The fourth-order valence-corrected chi connectivity index (χ4v) is 9.25. The lowest BCUT2D eigenvalue weighted by Gasteiger charge is -2.27. The molecule has 0 spiro atoms. The summed E-state index contributed by atoms with van der Waals surface area (Å²) in [6.07, 6.45) is 0. The molecular weight excluding hydrogens is 717 g/mol. The molecule has 0 aliphatic heterocycles. The maximum absolute atomic E-state index is 6.71. The van der Waals surface area contributed by atoms with Gasteiger partial charge in [-0.15, -0.1) is 0 Å². The smallest absolute Gasteiger partial charge is 0.137 e. The summed E-state index contributed by atoms with van der Waals surface area (Å²) in [5, 5.41) is 9.42. The number of fused-ring (bicyclic) bond motifs is 9. The van der Waals surface area contributed by atoms with E-state index in [9.17, 15) is 0 Å². The normalized spacial score (nSPS) is 11.7. The van der Waals surface area contributed by atoms with Gasteiger partial charge in [-0.2, -0.15) is 0 Å². The molecule has 12 rings (SSSR count). The summed E-state index contributed by atoms with van der Waals surface area (Å²) in [6, 6.07) is 78.6. The number of nitrogens with zero attached hydrogens (tertiary/aromatic N) is 2. The molecule has 3 heteroatoms. The van der Waals surface area contributed by atoms with Gasteiger partial charge in [-0.25, -0.2) is 0 Å². The van der Waals surface area contributed by atoms with Crippen molar-refractivity contribution in [1.82, 2.24) is 4.57 Å². The summed E-state index contributed by atoms with van der Waals surface area (Å²) in [5.74, 6) is 0. The Kier molecular flexibility index (Phi) is 7.54. The molecule has 0 unspecified atom stereocenters. The Morgan fingerprint density at radius 3 is 1.90 bits per heavy atom. The van der Waals surface area contributed by atoms with Crippen molar-refractivity contribution < 1.29 is 4.42 Å². The molecule has 0 saturated carbocycles. The summed E-state index contributed by atoms with van der Waals surface area (Å²) >= 11 is 0. The van der Waals surface area contributed by atoms with E-state index in [2.05, 4.69) is 228 Å². The average molecular weight is 753 g/mol. The molecule has 12 aromatic rings. The van der Waals surface area contributed by atoms with Crippen molar-refractivity contribution in [3.8, 4) is 27.9 Å². The Morgan fingerprint density at radius 1 is 0.373 bits per heavy atom. The maximum atomic E-state index is 6.71. The summed E-state index contributed by atoms with van der Waals surface area (Å²) in [4.78, 5) is 2.38. The van der Waals surface area contributed by atoms with E-state index in [-0.39, 0.29) is 0 Å². The molecule has 0 aliphatic carbocycles. The van der Waals surface area contributed by atoms with E-state index >= 15 is 0 Å². The fourth-order valence-electron chi connectivity index (χ4n) is 9.25. The van der Waals surface area contributed by atoms with E-state index in [0.29, 0.717) is 0 Å². The Morgan fingerprint density at radius 2 is 1.03 bits per heavy atom. The number of rotatable bonds is 6. The van der Waals surface area contributed by atoms with E-state index in [1.807, 2.05) is 0 Å². The van der Waals surface area contributed by atoms with Gasteiger partial charge in [-0.05, 0) is 105 Å². The number of anilines is 3. The molecule has 2 heterocycles. The van der Waals surface area contributed by atoms with Crippen molar-refractivity contribution in [2.75, 3.05) is 4.90 Å². The van der Waals surface area contributed by atoms with Gasteiger partial charge in [0, 0.05) is 38.8 Å². The monoisotopic (exact) mass is 752 g/mol. The highest BCUT2D eigenvalue weighted by atomic mass is 16.3. The molecule has 10 aromatic carbocycles. The largest absolute Gasteiger partial charge is 0.456 e. The van der Waals surface area contributed by atoms with Crippen molar-refractivity contribution >= 4 is 82.4 Å². The highest BCUT2D eigenvalue weighted by Crippen LogP contribution is 2.46. The Bertz CT molecular complexity index is 3540. The third-order valence-corrected chi connectivity index (χ3v) is 11.9. The van der Waals surface area contributed by atoms with E-state index in [1.54, 1.807) is 0 Å². The lowest BCUT2D eigenvalue weighted by atomic mass is 9.96. The lowest BCUT2D eigenvalue weighted by Crippen LogP contribution is -2.10. The standard InChI is InChI=1S/C56H36N2O/c1-3-13-37(14-4-1)39-25-30-44(31-26-39)57(45-32-27-38-15-7-8-16-40(38)36-45)51-23-12-24-52-55(51)54-46-33-28-42(35-41(46)29-34-53(54)59-52)47-20-11-21-49-48-19-9-10-22-50(48)58(56(47)49)43-17-5-2-6-18-43/h1-36H. The van der Waals surface area contributed by atoms with Crippen LogP contribution in [0.2, 0.25) is 0 Å². The molecule has 0 amide bonds. The second kappa shape index (κ2) is 13.4. The molecule has 0 N–H and O–H groups in total. The summed E-state index contributed by atoms with van der Waals surface area (Å²) in [6.45, 7) is 0. The third-order valence-electron chi connectivity index (χ3n) is 11.9. The van der Waals surface area contributed by atoms with Crippen LogP contribution in [0.25, 0.3) is 93.2 Å². The van der Waals surface area contributed by atoms with Crippen LogP contribution in [0.5, 0.6) is 0 Å². The summed E-state index contributed by atoms with van der Waals surface area (Å²) in [7, 11) is 0. The van der Waals surface area contributed by atoms with Crippen molar-refractivity contribution in [3.05, 3.63) is 218 Å². The van der Waals surface area contributed by atoms with E-state index < -0.39 is 0 Å². The maximum Gasteiger partial charge on any atom is 0.137 e. The molecule has 0 bridgehead atoms. The predicted octanol–water partition coefficient (Wildman–Crippen LogP) is 15.8. The second-order valence-electron chi connectivity index (χ2n) is 15.3. The van der Waals surface area contributed by atoms with Crippen LogP contribution in [-0.4, -0.2) is 4.57 Å². The van der Waals surface area contributed by atoms with Gasteiger partial charge in [0.25, 0.3) is 0 Å². The quantitative estimate of drug-likeness (QED) is 0.169. The number of furan rings is 1. The molecule has 2 aromatic heterocycles. The van der Waals surface area contributed by atoms with Crippen LogP contribution in [0.3, 0.4) is 0 Å². The van der Waals surface area contributed by atoms with Gasteiger partial charge in [-0.1, -0.05) is 152 Å². The van der Waals surface area contributed by atoms with Crippen LogP contribution >= 0.6 is 0 Å². The minimum atomic E-state index is 0.859. The number of aromatic nitrogens is 1. The van der Waals surface area contributed by atoms with Crippen molar-refractivity contribution in [2.45, 2.75) is 0 Å². The van der Waals surface area contributed by atoms with Crippen LogP contribution in [0.15, 0.2) is 223 Å². The van der Waals surface area contributed by atoms with Gasteiger partial charge in [0.05, 0.1) is 22.1 Å². The zero-order chi connectivity index (χ0) is 38.9. The number of hydrogen-bond acceptors (Lipinski definition) is 2. The van der Waals surface area contributed by atoms with Gasteiger partial charge in [0.15, 0.2) is 0 Å². The van der Waals surface area contributed by atoms with Crippen molar-refractivity contribution in [3.63, 3.8) is 0 Å². The van der Waals surface area contributed by atoms with Gasteiger partial charge >= 0.3 is 0 Å². The Hall–Kier alpha value is -7.88. The van der Waals surface area contributed by atoms with Gasteiger partial charge in [0.2, 0.25) is 0 Å². The van der Waals surface area contributed by atoms with Crippen LogP contribution < -0.4 is 4.90 Å². The molecule has 0 fully saturated rings. The highest BCUT2D eigenvalue weighted by molar-refractivity contribution is 6.24. The second-order valence-corrected chi connectivity index (χ2v) is 15.3. The molecule has 3 nitrogen and oxygen atoms in total. The zero-order valence-corrected chi connectivity index (χ0v) is 32.1. The SMILES string of the molecule is c1ccc(-c2ccc(N(c3ccc4ccccc4c3)c3cccc4oc5ccc6cc(-c7cccc8c9ccccc9n(-c9ccccc9)c78)ccc6c5c34)cc2)cc1. The first kappa shape index (κ1) is 33.3. The highest BCUT2D eigenvalue weighted by Gasteiger charge is 2.22. The van der Waals surface area contributed by atoms with Gasteiger partial charge in [-0.3, -0.25) is 0 Å². The topological polar surface area (TPSA) is 21.3 Å². The van der Waals surface area contributed by atoms with Gasteiger partial charge in [0.1, 0.15) is 11.2 Å². The Labute approximate surface area is 341 Å². The summed E-state index contributed by atoms with van der Waals surface area (Å²) in [5.41, 5.74) is 13.3. The predicted molar refractivity (Wildman–Crippen MR) is 249 cm³/mol. The molecule has 0 saturated heterocycles. The van der Waals surface area contributed by atoms with Crippen LogP contribution in [0, 0.1) is 0 Å². The third kappa shape index (κ3) is 5.36. The average Bonchev–Trinajstić information content (AvgIpc) is 3.87. The van der Waals surface area contributed by atoms with Gasteiger partial charge < -0.3 is 13.9 Å². The molecule has 59 heavy (non-hydrogen) atoms. The minimum Gasteiger partial charge on any atom is -0.456 e. The molecule has 0 aliphatic rings. The van der Waals surface area contributed by atoms with Crippen molar-refractivity contribution in [1.29, 1.82) is 0 Å². The number of para-hydroxylation sites is 3. The zero-order valence-electron chi connectivity index (χ0n) is 32.1. The van der Waals surface area contributed by atoms with Crippen LogP contribution in [0.1, 0.15) is 0 Å². The van der Waals surface area contributed by atoms with E-state index in [1.165, 1.54) is 54.8 Å². The van der Waals surface area contributed by atoms with E-state index in [0.717, 1.165) is 55.5 Å². The summed E-state index contributed by atoms with van der Waals surface area (Å²) < 4.78 is 9.12. The first-order valence-corrected chi connectivity index (χ1v) is 20.2. The van der Waals surface area contributed by atoms with E-state index in [4.69, 9.17) is 4.42 Å². The van der Waals surface area contributed by atoms with Crippen molar-refractivity contribution in [2.24, 2.45) is 0 Å². The molecule has 0 atom stereocenters. The first-order valence-electron chi connectivity index (χ1n) is 20.2. The number of hydrogen-bond donors (Lipinski definition) is 0. The molecular formula is C56H36N2O. The number of benzene rings is 10. The van der Waals surface area contributed by atoms with Crippen LogP contribution in [-0.2, 0) is 0 Å².